The second-order valence-corrected chi connectivity index (χ2v) is 6.49. The van der Waals surface area contributed by atoms with Crippen LogP contribution in [0.4, 0.5) is 0 Å². The number of imide groups is 1. The van der Waals surface area contributed by atoms with Gasteiger partial charge in [-0.15, -0.1) is 0 Å². The number of nitrogens with one attached hydrogen (secondary N) is 2. The van der Waals surface area contributed by atoms with Crippen LogP contribution in [-0.2, 0) is 14.3 Å². The molecule has 152 valence electrons. The molecule has 2 N–H and O–H groups in total. The molecule has 1 aromatic rings. The normalized spacial score (nSPS) is 13.1. The Morgan fingerprint density at radius 1 is 1.04 bits per heavy atom. The zero-order valence-electron chi connectivity index (χ0n) is 16.2. The quantitative estimate of drug-likeness (QED) is 0.435. The van der Waals surface area contributed by atoms with E-state index in [0.29, 0.717) is 18.8 Å². The molecule has 9 nitrogen and oxygen atoms in total. The maximum absolute atomic E-state index is 12.4. The van der Waals surface area contributed by atoms with Crippen molar-refractivity contribution in [1.29, 1.82) is 0 Å². The van der Waals surface area contributed by atoms with Crippen LogP contribution in [0.25, 0.3) is 0 Å². The number of hydrogen-bond acceptors (Lipinski definition) is 6. The summed E-state index contributed by atoms with van der Waals surface area (Å²) in [4.78, 5) is 49.6. The van der Waals surface area contributed by atoms with Gasteiger partial charge < -0.3 is 20.1 Å². The van der Waals surface area contributed by atoms with Crippen LogP contribution in [0.15, 0.2) is 18.2 Å². The molecule has 0 aromatic heterocycles. The molecule has 0 radical (unpaired) electrons. The first-order valence-corrected chi connectivity index (χ1v) is 9.00. The maximum Gasteiger partial charge on any atom is 0.261 e. The highest BCUT2D eigenvalue weighted by atomic mass is 16.5. The largest absolute Gasteiger partial charge is 0.382 e. The monoisotopic (exact) mass is 391 g/mol. The predicted octanol–water partition coefficient (Wildman–Crippen LogP) is 0.200. The number of carbonyl (C=O) groups excluding carboxylic acids is 4. The number of nitrogens with zero attached hydrogens (tertiary/aromatic N) is 1. The molecular formula is C19H25N3O6. The Balaban J connectivity index is 1.83. The van der Waals surface area contributed by atoms with E-state index in [4.69, 9.17) is 9.47 Å². The molecule has 0 saturated carbocycles. The van der Waals surface area contributed by atoms with Crippen molar-refractivity contribution in [3.8, 4) is 0 Å². The summed E-state index contributed by atoms with van der Waals surface area (Å²) in [6.07, 6.45) is 0. The minimum atomic E-state index is -0.398. The molecule has 0 spiro atoms. The molecule has 1 heterocycles. The Hall–Kier alpha value is -2.78. The zero-order valence-corrected chi connectivity index (χ0v) is 16.2. The Bertz CT molecular complexity index is 762. The number of ether oxygens (including phenoxy) is 2. The molecular weight excluding hydrogens is 366 g/mol. The third kappa shape index (κ3) is 5.14. The zero-order chi connectivity index (χ0) is 20.7. The first kappa shape index (κ1) is 21.5. The summed E-state index contributed by atoms with van der Waals surface area (Å²) in [5, 5.41) is 5.27. The van der Waals surface area contributed by atoms with E-state index in [1.54, 1.807) is 21.0 Å². The van der Waals surface area contributed by atoms with Crippen LogP contribution in [0.3, 0.4) is 0 Å². The Morgan fingerprint density at radius 3 is 2.39 bits per heavy atom. The summed E-state index contributed by atoms with van der Waals surface area (Å²) in [6.45, 7) is 4.62. The molecule has 0 fully saturated rings. The van der Waals surface area contributed by atoms with Crippen molar-refractivity contribution < 1.29 is 28.7 Å². The van der Waals surface area contributed by atoms with Gasteiger partial charge >= 0.3 is 0 Å². The van der Waals surface area contributed by atoms with Crippen LogP contribution in [0.1, 0.15) is 44.9 Å². The molecule has 0 bridgehead atoms. The van der Waals surface area contributed by atoms with Crippen molar-refractivity contribution >= 4 is 23.6 Å². The molecule has 0 saturated heterocycles. The van der Waals surface area contributed by atoms with Gasteiger partial charge in [0.25, 0.3) is 17.7 Å². The third-order valence-corrected chi connectivity index (χ3v) is 4.09. The van der Waals surface area contributed by atoms with Gasteiger partial charge in [0.05, 0.1) is 24.3 Å². The molecule has 1 aromatic carbocycles. The van der Waals surface area contributed by atoms with Gasteiger partial charge in [-0.2, -0.15) is 0 Å². The Kier molecular flexibility index (Phi) is 7.65. The summed E-state index contributed by atoms with van der Waals surface area (Å²) >= 11 is 0. The first-order chi connectivity index (χ1) is 13.4. The maximum atomic E-state index is 12.4. The Labute approximate surface area is 163 Å². The van der Waals surface area contributed by atoms with Crippen molar-refractivity contribution in [2.45, 2.75) is 19.9 Å². The van der Waals surface area contributed by atoms with Crippen LogP contribution >= 0.6 is 0 Å². The van der Waals surface area contributed by atoms with Gasteiger partial charge in [-0.3, -0.25) is 24.1 Å². The topological polar surface area (TPSA) is 114 Å². The number of rotatable bonds is 10. The number of hydrogen-bond donors (Lipinski definition) is 2. The van der Waals surface area contributed by atoms with E-state index in [1.807, 2.05) is 0 Å². The molecule has 1 aliphatic heterocycles. The molecule has 9 heteroatoms. The van der Waals surface area contributed by atoms with Crippen molar-refractivity contribution in [2.24, 2.45) is 0 Å². The summed E-state index contributed by atoms with van der Waals surface area (Å²) in [7, 11) is 1.54. The number of carbonyl (C=O) groups is 4. The van der Waals surface area contributed by atoms with Gasteiger partial charge in [0, 0.05) is 31.8 Å². The van der Waals surface area contributed by atoms with Gasteiger partial charge in [0.2, 0.25) is 5.91 Å². The minimum Gasteiger partial charge on any atom is -0.382 e. The average Bonchev–Trinajstić information content (AvgIpc) is 2.92. The fraction of sp³-hybridized carbons (Fsp3) is 0.474. The van der Waals surface area contributed by atoms with E-state index in [1.165, 1.54) is 23.1 Å². The first-order valence-electron chi connectivity index (χ1n) is 9.00. The van der Waals surface area contributed by atoms with E-state index in [-0.39, 0.29) is 48.7 Å². The lowest BCUT2D eigenvalue weighted by atomic mass is 10.1. The van der Waals surface area contributed by atoms with Crippen molar-refractivity contribution in [3.05, 3.63) is 34.9 Å². The van der Waals surface area contributed by atoms with E-state index in [2.05, 4.69) is 10.6 Å². The van der Waals surface area contributed by atoms with Crippen LogP contribution in [0, 0.1) is 0 Å². The van der Waals surface area contributed by atoms with E-state index >= 15 is 0 Å². The number of amides is 4. The molecule has 4 amide bonds. The third-order valence-electron chi connectivity index (χ3n) is 4.09. The van der Waals surface area contributed by atoms with E-state index < -0.39 is 11.8 Å². The molecule has 1 aliphatic rings. The van der Waals surface area contributed by atoms with Gasteiger partial charge in [0.15, 0.2) is 0 Å². The fourth-order valence-corrected chi connectivity index (χ4v) is 2.71. The van der Waals surface area contributed by atoms with E-state index in [9.17, 15) is 19.2 Å². The number of benzene rings is 1. The second-order valence-electron chi connectivity index (χ2n) is 6.49. The van der Waals surface area contributed by atoms with Crippen molar-refractivity contribution in [1.82, 2.24) is 15.5 Å². The Morgan fingerprint density at radius 2 is 1.71 bits per heavy atom. The predicted molar refractivity (Wildman–Crippen MR) is 100 cm³/mol. The summed E-state index contributed by atoms with van der Waals surface area (Å²) in [5.74, 6) is -1.43. The highest BCUT2D eigenvalue weighted by Crippen LogP contribution is 2.25. The van der Waals surface area contributed by atoms with Crippen LogP contribution < -0.4 is 10.6 Å². The van der Waals surface area contributed by atoms with Crippen LogP contribution in [-0.4, -0.2) is 74.6 Å². The lowest BCUT2D eigenvalue weighted by Gasteiger charge is -2.17. The molecule has 0 aliphatic carbocycles. The van der Waals surface area contributed by atoms with Crippen LogP contribution in [0.2, 0.25) is 0 Å². The standard InChI is InChI=1S/C19H25N3O6/c1-12(2)22-18(25)14-5-4-13(10-15(14)19(22)26)17(24)21-7-6-20-16(23)11-28-9-8-27-3/h4-5,10,12H,6-9,11H2,1-3H3,(H,20,23)(H,21,24). The molecule has 2 rings (SSSR count). The van der Waals surface area contributed by atoms with Gasteiger partial charge in [0.1, 0.15) is 6.61 Å². The van der Waals surface area contributed by atoms with Gasteiger partial charge in [-0.1, -0.05) is 0 Å². The van der Waals surface area contributed by atoms with Gasteiger partial charge in [-0.25, -0.2) is 0 Å². The lowest BCUT2D eigenvalue weighted by molar-refractivity contribution is -0.126. The van der Waals surface area contributed by atoms with Crippen LogP contribution in [0.5, 0.6) is 0 Å². The minimum absolute atomic E-state index is 0.0788. The molecule has 0 atom stereocenters. The number of methoxy groups -OCH3 is 1. The molecule has 28 heavy (non-hydrogen) atoms. The van der Waals surface area contributed by atoms with Gasteiger partial charge in [-0.05, 0) is 32.0 Å². The second kappa shape index (κ2) is 9.95. The average molecular weight is 391 g/mol. The highest BCUT2D eigenvalue weighted by Gasteiger charge is 2.37. The van der Waals surface area contributed by atoms with E-state index in [0.717, 1.165) is 0 Å². The smallest absolute Gasteiger partial charge is 0.261 e. The SMILES string of the molecule is COCCOCC(=O)NCCNC(=O)c1ccc2c(c1)C(=O)N(C(C)C)C2=O. The number of fused-ring (bicyclic) bond motifs is 1. The van der Waals surface area contributed by atoms with Crippen molar-refractivity contribution in [2.75, 3.05) is 40.0 Å². The fourth-order valence-electron chi connectivity index (χ4n) is 2.71. The highest BCUT2D eigenvalue weighted by molar-refractivity contribution is 6.22. The summed E-state index contributed by atoms with van der Waals surface area (Å²) in [5.41, 5.74) is 0.809. The summed E-state index contributed by atoms with van der Waals surface area (Å²) in [6, 6.07) is 4.17. The van der Waals surface area contributed by atoms with Crippen molar-refractivity contribution in [3.63, 3.8) is 0 Å². The summed E-state index contributed by atoms with van der Waals surface area (Å²) < 4.78 is 9.88. The molecule has 0 unspecified atom stereocenters. The lowest BCUT2D eigenvalue weighted by Crippen LogP contribution is -2.36.